The number of aliphatic hydroxyl groups is 1. The number of nitrogens with zero attached hydrogens (tertiary/aromatic N) is 1. The minimum atomic E-state index is -4.70. The van der Waals surface area contributed by atoms with E-state index in [2.05, 4.69) is 9.72 Å². The van der Waals surface area contributed by atoms with Crippen molar-refractivity contribution in [2.45, 2.75) is 19.6 Å². The lowest BCUT2D eigenvalue weighted by Crippen LogP contribution is -2.17. The third-order valence-electron chi connectivity index (χ3n) is 2.52. The van der Waals surface area contributed by atoms with Crippen molar-refractivity contribution in [1.82, 2.24) is 4.98 Å². The number of rotatable bonds is 5. The van der Waals surface area contributed by atoms with Crippen LogP contribution in [0.2, 0.25) is 0 Å². The summed E-state index contributed by atoms with van der Waals surface area (Å²) in [6, 6.07) is 8.68. The molecule has 0 aliphatic heterocycles. The Hall–Kier alpha value is -2.28. The molecule has 112 valence electrons. The Balaban J connectivity index is 1.91. The minimum Gasteiger partial charge on any atom is -0.487 e. The lowest BCUT2D eigenvalue weighted by atomic mass is 10.2. The zero-order valence-corrected chi connectivity index (χ0v) is 10.8. The summed E-state index contributed by atoms with van der Waals surface area (Å²) in [5.74, 6) is 0.225. The molecule has 1 N–H and O–H groups in total. The number of ether oxygens (including phenoxy) is 2. The van der Waals surface area contributed by atoms with Gasteiger partial charge in [0, 0.05) is 0 Å². The topological polar surface area (TPSA) is 51.6 Å². The Labute approximate surface area is 118 Å². The summed E-state index contributed by atoms with van der Waals surface area (Å²) in [5, 5.41) is 8.85. The normalized spacial score (nSPS) is 11.2. The van der Waals surface area contributed by atoms with E-state index in [-0.39, 0.29) is 19.0 Å². The van der Waals surface area contributed by atoms with Gasteiger partial charge in [-0.2, -0.15) is 0 Å². The smallest absolute Gasteiger partial charge is 0.487 e. The van der Waals surface area contributed by atoms with E-state index in [1.54, 1.807) is 12.1 Å². The van der Waals surface area contributed by atoms with Crippen LogP contribution >= 0.6 is 0 Å². The number of benzene rings is 1. The number of hydrogen-bond acceptors (Lipinski definition) is 4. The molecule has 0 aliphatic rings. The molecule has 1 aromatic heterocycles. The van der Waals surface area contributed by atoms with Crippen LogP contribution in [0.15, 0.2) is 42.6 Å². The largest absolute Gasteiger partial charge is 0.573 e. The molecule has 0 radical (unpaired) electrons. The van der Waals surface area contributed by atoms with Gasteiger partial charge in [0.2, 0.25) is 0 Å². The van der Waals surface area contributed by atoms with Crippen molar-refractivity contribution >= 4 is 0 Å². The fraction of sp³-hybridized carbons (Fsp3) is 0.214. The molecule has 2 aromatic rings. The zero-order valence-electron chi connectivity index (χ0n) is 10.8. The highest BCUT2D eigenvalue weighted by molar-refractivity contribution is 5.28. The second-order valence-electron chi connectivity index (χ2n) is 4.12. The maximum atomic E-state index is 12.0. The van der Waals surface area contributed by atoms with Crippen molar-refractivity contribution in [3.05, 3.63) is 53.9 Å². The predicted octanol–water partition coefficient (Wildman–Crippen LogP) is 3.05. The van der Waals surface area contributed by atoms with Gasteiger partial charge in [0.1, 0.15) is 18.1 Å². The van der Waals surface area contributed by atoms with Crippen LogP contribution in [0.1, 0.15) is 11.3 Å². The van der Waals surface area contributed by atoms with Crippen molar-refractivity contribution in [1.29, 1.82) is 0 Å². The van der Waals surface area contributed by atoms with Gasteiger partial charge in [0.15, 0.2) is 0 Å². The van der Waals surface area contributed by atoms with Crippen LogP contribution < -0.4 is 9.47 Å². The number of hydrogen-bond donors (Lipinski definition) is 1. The lowest BCUT2D eigenvalue weighted by molar-refractivity contribution is -0.274. The third-order valence-corrected chi connectivity index (χ3v) is 2.52. The minimum absolute atomic E-state index is 0.152. The van der Waals surface area contributed by atoms with Gasteiger partial charge in [-0.05, 0) is 29.8 Å². The summed E-state index contributed by atoms with van der Waals surface area (Å²) in [5.41, 5.74) is 1.21. The van der Waals surface area contributed by atoms with Crippen molar-refractivity contribution in [3.8, 4) is 11.5 Å². The standard InChI is InChI=1S/C14H12F3NO3/c15-14(16,17)21-12-4-1-10(2-5-12)9-20-13-6-3-11(8-19)18-7-13/h1-7,19H,8-9H2. The molecule has 0 saturated carbocycles. The van der Waals surface area contributed by atoms with E-state index >= 15 is 0 Å². The summed E-state index contributed by atoms with van der Waals surface area (Å²) < 4.78 is 45.2. The summed E-state index contributed by atoms with van der Waals surface area (Å²) in [6.45, 7) is 0.0351. The van der Waals surface area contributed by atoms with Crippen LogP contribution in [-0.4, -0.2) is 16.5 Å². The molecule has 0 unspecified atom stereocenters. The first-order valence-corrected chi connectivity index (χ1v) is 5.99. The number of aromatic nitrogens is 1. The summed E-state index contributed by atoms with van der Waals surface area (Å²) in [4.78, 5) is 3.94. The molecule has 0 amide bonds. The second kappa shape index (κ2) is 6.45. The fourth-order valence-electron chi connectivity index (χ4n) is 1.54. The molecule has 2 rings (SSSR count). The number of aliphatic hydroxyl groups excluding tert-OH is 1. The van der Waals surface area contributed by atoms with Gasteiger partial charge in [0.05, 0.1) is 18.5 Å². The molecular weight excluding hydrogens is 287 g/mol. The second-order valence-corrected chi connectivity index (χ2v) is 4.12. The Morgan fingerprint density at radius 3 is 2.19 bits per heavy atom. The quantitative estimate of drug-likeness (QED) is 0.922. The fourth-order valence-corrected chi connectivity index (χ4v) is 1.54. The van der Waals surface area contributed by atoms with E-state index in [4.69, 9.17) is 9.84 Å². The van der Waals surface area contributed by atoms with Gasteiger partial charge in [-0.15, -0.1) is 13.2 Å². The monoisotopic (exact) mass is 299 g/mol. The van der Waals surface area contributed by atoms with Gasteiger partial charge in [-0.3, -0.25) is 4.98 Å². The molecule has 0 saturated heterocycles. The summed E-state index contributed by atoms with van der Waals surface area (Å²) in [6.07, 6.45) is -3.23. The molecule has 0 atom stereocenters. The van der Waals surface area contributed by atoms with Crippen LogP contribution in [0.5, 0.6) is 11.5 Å². The van der Waals surface area contributed by atoms with Crippen molar-refractivity contribution < 1.29 is 27.8 Å². The zero-order chi connectivity index (χ0) is 15.3. The van der Waals surface area contributed by atoms with Crippen LogP contribution in [0.3, 0.4) is 0 Å². The Morgan fingerprint density at radius 1 is 1.00 bits per heavy atom. The number of pyridine rings is 1. The van der Waals surface area contributed by atoms with Crippen molar-refractivity contribution in [2.75, 3.05) is 0 Å². The van der Waals surface area contributed by atoms with Gasteiger partial charge >= 0.3 is 6.36 Å². The molecule has 1 aromatic carbocycles. The van der Waals surface area contributed by atoms with Crippen LogP contribution in [0, 0.1) is 0 Å². The summed E-state index contributed by atoms with van der Waals surface area (Å²) in [7, 11) is 0. The molecular formula is C14H12F3NO3. The summed E-state index contributed by atoms with van der Waals surface area (Å²) >= 11 is 0. The van der Waals surface area contributed by atoms with Crippen LogP contribution in [0.25, 0.3) is 0 Å². The average molecular weight is 299 g/mol. The highest BCUT2D eigenvalue weighted by Gasteiger charge is 2.30. The maximum Gasteiger partial charge on any atom is 0.573 e. The van der Waals surface area contributed by atoms with Gasteiger partial charge in [-0.1, -0.05) is 12.1 Å². The number of alkyl halides is 3. The first kappa shape index (κ1) is 15.1. The predicted molar refractivity (Wildman–Crippen MR) is 67.6 cm³/mol. The van der Waals surface area contributed by atoms with E-state index in [9.17, 15) is 13.2 Å². The maximum absolute atomic E-state index is 12.0. The van der Waals surface area contributed by atoms with Gasteiger partial charge < -0.3 is 14.6 Å². The Morgan fingerprint density at radius 2 is 1.67 bits per heavy atom. The van der Waals surface area contributed by atoms with Crippen LogP contribution in [0.4, 0.5) is 13.2 Å². The molecule has 0 aliphatic carbocycles. The number of halogens is 3. The first-order chi connectivity index (χ1) is 9.96. The van der Waals surface area contributed by atoms with E-state index in [0.29, 0.717) is 17.0 Å². The van der Waals surface area contributed by atoms with E-state index < -0.39 is 6.36 Å². The molecule has 0 fully saturated rings. The third kappa shape index (κ3) is 4.96. The van der Waals surface area contributed by atoms with Gasteiger partial charge in [-0.25, -0.2) is 0 Å². The lowest BCUT2D eigenvalue weighted by Gasteiger charge is -2.10. The van der Waals surface area contributed by atoms with Crippen LogP contribution in [-0.2, 0) is 13.2 Å². The van der Waals surface area contributed by atoms with Crippen molar-refractivity contribution in [2.24, 2.45) is 0 Å². The van der Waals surface area contributed by atoms with Gasteiger partial charge in [0.25, 0.3) is 0 Å². The molecule has 0 spiro atoms. The average Bonchev–Trinajstić information content (AvgIpc) is 2.45. The van der Waals surface area contributed by atoms with E-state index in [1.165, 1.54) is 30.5 Å². The molecule has 21 heavy (non-hydrogen) atoms. The Kier molecular flexibility index (Phi) is 4.64. The first-order valence-electron chi connectivity index (χ1n) is 5.99. The van der Waals surface area contributed by atoms with E-state index in [0.717, 1.165) is 0 Å². The van der Waals surface area contributed by atoms with E-state index in [1.807, 2.05) is 0 Å². The Bertz CT molecular complexity index is 568. The highest BCUT2D eigenvalue weighted by Crippen LogP contribution is 2.23. The molecule has 0 bridgehead atoms. The SMILES string of the molecule is OCc1ccc(OCc2ccc(OC(F)(F)F)cc2)cn1. The highest BCUT2D eigenvalue weighted by atomic mass is 19.4. The van der Waals surface area contributed by atoms with Crippen molar-refractivity contribution in [3.63, 3.8) is 0 Å². The molecule has 4 nitrogen and oxygen atoms in total. The molecule has 1 heterocycles. The molecule has 7 heteroatoms.